The van der Waals surface area contributed by atoms with Gasteiger partial charge in [0.1, 0.15) is 35.4 Å². The molecule has 0 radical (unpaired) electrons. The molecule has 3 rings (SSSR count). The Morgan fingerprint density at radius 2 is 1.96 bits per heavy atom. The van der Waals surface area contributed by atoms with Gasteiger partial charge in [-0.05, 0) is 19.1 Å². The number of carbonyl (C=O) groups is 2. The molecule has 0 saturated carbocycles. The minimum Gasteiger partial charge on any atom is -0.507 e. The number of rotatable bonds is 2. The van der Waals surface area contributed by atoms with Crippen molar-refractivity contribution in [2.45, 2.75) is 50.3 Å². The van der Waals surface area contributed by atoms with Crippen LogP contribution in [0.25, 0.3) is 0 Å². The molecule has 1 saturated heterocycles. The monoisotopic (exact) mass is 392 g/mol. The number of phenols is 1. The van der Waals surface area contributed by atoms with E-state index in [4.69, 9.17) is 18.9 Å². The first-order chi connectivity index (χ1) is 13.3. The molecule has 2 aliphatic rings. The van der Waals surface area contributed by atoms with Crippen LogP contribution >= 0.6 is 0 Å². The highest BCUT2D eigenvalue weighted by atomic mass is 16.6. The predicted octanol–water partition coefficient (Wildman–Crippen LogP) is 1.68. The van der Waals surface area contributed by atoms with Gasteiger partial charge in [-0.1, -0.05) is 6.08 Å². The van der Waals surface area contributed by atoms with Crippen LogP contribution in [0.15, 0.2) is 24.3 Å². The fourth-order valence-electron chi connectivity index (χ4n) is 3.37. The van der Waals surface area contributed by atoms with E-state index in [1.54, 1.807) is 19.1 Å². The maximum absolute atomic E-state index is 12.7. The van der Waals surface area contributed by atoms with E-state index in [2.05, 4.69) is 0 Å². The highest BCUT2D eigenvalue weighted by molar-refractivity contribution is 5.95. The summed E-state index contributed by atoms with van der Waals surface area (Å²) >= 11 is 0. The lowest BCUT2D eigenvalue weighted by molar-refractivity contribution is -0.131. The summed E-state index contributed by atoms with van der Waals surface area (Å²) in [7, 11) is 2.80. The number of hydrogen-bond donors (Lipinski definition) is 2. The summed E-state index contributed by atoms with van der Waals surface area (Å²) < 4.78 is 21.4. The van der Waals surface area contributed by atoms with Gasteiger partial charge in [0.15, 0.2) is 5.78 Å². The third-order valence-corrected chi connectivity index (χ3v) is 4.87. The van der Waals surface area contributed by atoms with Crippen molar-refractivity contribution in [3.05, 3.63) is 35.4 Å². The molecule has 1 aromatic carbocycles. The Hall–Kier alpha value is -2.42. The van der Waals surface area contributed by atoms with Gasteiger partial charge in [-0.15, -0.1) is 0 Å². The van der Waals surface area contributed by atoms with E-state index >= 15 is 0 Å². The van der Waals surface area contributed by atoms with Crippen molar-refractivity contribution in [3.8, 4) is 11.5 Å². The van der Waals surface area contributed by atoms with Crippen molar-refractivity contribution in [2.24, 2.45) is 0 Å². The lowest BCUT2D eigenvalue weighted by Gasteiger charge is -2.19. The van der Waals surface area contributed by atoms with Crippen molar-refractivity contribution >= 4 is 11.8 Å². The Labute approximate surface area is 162 Å². The quantitative estimate of drug-likeness (QED) is 0.577. The predicted molar refractivity (Wildman–Crippen MR) is 97.3 cm³/mol. The van der Waals surface area contributed by atoms with E-state index in [1.807, 2.05) is 0 Å². The van der Waals surface area contributed by atoms with Gasteiger partial charge >= 0.3 is 5.97 Å². The number of fused-ring (bicyclic) bond motifs is 3. The van der Waals surface area contributed by atoms with Crippen molar-refractivity contribution in [3.63, 3.8) is 0 Å². The van der Waals surface area contributed by atoms with Gasteiger partial charge < -0.3 is 29.2 Å². The van der Waals surface area contributed by atoms with Crippen molar-refractivity contribution in [2.75, 3.05) is 14.2 Å². The van der Waals surface area contributed by atoms with Crippen LogP contribution < -0.4 is 4.74 Å². The number of ketones is 1. The summed E-state index contributed by atoms with van der Waals surface area (Å²) in [5.74, 6) is -0.971. The molecule has 0 amide bonds. The SMILES string of the molecule is COc1cc(O)c2c(c1)[C@H]1O[C@@H]1C[C@H](O)[C@H](OC)C(=O)C=CC[C@H](C)OC2=O. The second-order valence-corrected chi connectivity index (χ2v) is 6.92. The highest BCUT2D eigenvalue weighted by Gasteiger charge is 2.46. The topological polar surface area (TPSA) is 115 Å². The number of phenolic OH excluding ortho intramolecular Hbond substituents is 1. The van der Waals surface area contributed by atoms with Gasteiger partial charge in [-0.2, -0.15) is 0 Å². The Morgan fingerprint density at radius 3 is 2.64 bits per heavy atom. The van der Waals surface area contributed by atoms with Gasteiger partial charge in [-0.25, -0.2) is 4.79 Å². The number of hydrogen-bond acceptors (Lipinski definition) is 8. The van der Waals surface area contributed by atoms with E-state index in [1.165, 1.54) is 26.4 Å². The summed E-state index contributed by atoms with van der Waals surface area (Å²) in [5.41, 5.74) is 0.425. The molecule has 0 spiro atoms. The summed E-state index contributed by atoms with van der Waals surface area (Å²) in [6.07, 6.45) is -0.305. The third kappa shape index (κ3) is 4.19. The molecular formula is C20H24O8. The summed E-state index contributed by atoms with van der Waals surface area (Å²) in [4.78, 5) is 24.9. The Bertz CT molecular complexity index is 787. The van der Waals surface area contributed by atoms with E-state index in [0.29, 0.717) is 17.7 Å². The number of methoxy groups -OCH3 is 2. The second-order valence-electron chi connectivity index (χ2n) is 6.92. The minimum absolute atomic E-state index is 0.00930. The average Bonchev–Trinajstić information content (AvgIpc) is 3.39. The summed E-state index contributed by atoms with van der Waals surface area (Å²) in [5, 5.41) is 20.8. The maximum Gasteiger partial charge on any atom is 0.342 e. The Kier molecular flexibility index (Phi) is 6.02. The lowest BCUT2D eigenvalue weighted by Crippen LogP contribution is -2.36. The summed E-state index contributed by atoms with van der Waals surface area (Å²) in [6.45, 7) is 1.68. The Balaban J connectivity index is 1.98. The molecule has 0 bridgehead atoms. The van der Waals surface area contributed by atoms with Crippen molar-refractivity contribution in [1.82, 2.24) is 0 Å². The molecular weight excluding hydrogens is 368 g/mol. The molecule has 5 atom stereocenters. The number of benzene rings is 1. The van der Waals surface area contributed by atoms with Crippen molar-refractivity contribution in [1.29, 1.82) is 0 Å². The van der Waals surface area contributed by atoms with Crippen LogP contribution in [0.2, 0.25) is 0 Å². The first-order valence-electron chi connectivity index (χ1n) is 9.04. The lowest BCUT2D eigenvalue weighted by atomic mass is 9.96. The maximum atomic E-state index is 12.7. The van der Waals surface area contributed by atoms with Crippen molar-refractivity contribution < 1.29 is 38.7 Å². The molecule has 28 heavy (non-hydrogen) atoms. The number of aliphatic hydroxyl groups is 1. The Morgan fingerprint density at radius 1 is 1.21 bits per heavy atom. The van der Waals surface area contributed by atoms with E-state index in [-0.39, 0.29) is 23.5 Å². The first-order valence-corrected chi connectivity index (χ1v) is 9.04. The molecule has 1 aromatic rings. The van der Waals surface area contributed by atoms with Crippen LogP contribution in [-0.4, -0.2) is 60.6 Å². The normalized spacial score (nSPS) is 30.6. The molecule has 2 heterocycles. The standard InChI is InChI=1S/C20H24O8/c1-10-5-4-6-13(21)19(26-3)15(23)9-16-18(28-16)12-7-11(25-2)8-14(22)17(12)20(24)27-10/h4,6-8,10,15-16,18-19,22-23H,5,9H2,1-3H3/t10-,15-,16+,18+,19+/m0/s1. The number of carbonyl (C=O) groups excluding carboxylic acids is 2. The van der Waals surface area contributed by atoms with E-state index in [0.717, 1.165) is 0 Å². The van der Waals surface area contributed by atoms with Gasteiger partial charge in [0.25, 0.3) is 0 Å². The number of aliphatic hydroxyl groups excluding tert-OH is 1. The average molecular weight is 392 g/mol. The van der Waals surface area contributed by atoms with Crippen LogP contribution in [0, 0.1) is 0 Å². The second kappa shape index (κ2) is 8.30. The molecule has 8 heteroatoms. The molecule has 0 aromatic heterocycles. The molecule has 1 fully saturated rings. The molecule has 8 nitrogen and oxygen atoms in total. The van der Waals surface area contributed by atoms with Crippen LogP contribution in [-0.2, 0) is 19.0 Å². The molecule has 2 N–H and O–H groups in total. The van der Waals surface area contributed by atoms with Gasteiger partial charge in [-0.3, -0.25) is 4.79 Å². The molecule has 0 unspecified atom stereocenters. The number of epoxide rings is 1. The number of aromatic hydroxyl groups is 1. The minimum atomic E-state index is -1.08. The molecule has 0 aliphatic carbocycles. The van der Waals surface area contributed by atoms with Crippen LogP contribution in [0.1, 0.15) is 41.8 Å². The zero-order chi connectivity index (χ0) is 20.4. The van der Waals surface area contributed by atoms with Gasteiger partial charge in [0.05, 0.1) is 19.3 Å². The molecule has 2 aliphatic heterocycles. The van der Waals surface area contributed by atoms with Crippen LogP contribution in [0.3, 0.4) is 0 Å². The first kappa shape index (κ1) is 20.3. The zero-order valence-corrected chi connectivity index (χ0v) is 16.0. The fourth-order valence-corrected chi connectivity index (χ4v) is 3.37. The zero-order valence-electron chi connectivity index (χ0n) is 16.0. The highest BCUT2D eigenvalue weighted by Crippen LogP contribution is 2.46. The van der Waals surface area contributed by atoms with Gasteiger partial charge in [0, 0.05) is 31.6 Å². The summed E-state index contributed by atoms with van der Waals surface area (Å²) in [6, 6.07) is 2.93. The molecule has 152 valence electrons. The third-order valence-electron chi connectivity index (χ3n) is 4.87. The number of ether oxygens (including phenoxy) is 4. The smallest absolute Gasteiger partial charge is 0.342 e. The number of cyclic esters (lactones) is 1. The van der Waals surface area contributed by atoms with Crippen LogP contribution in [0.5, 0.6) is 11.5 Å². The largest absolute Gasteiger partial charge is 0.507 e. The number of esters is 1. The van der Waals surface area contributed by atoms with Crippen LogP contribution in [0.4, 0.5) is 0 Å². The van der Waals surface area contributed by atoms with E-state index < -0.39 is 36.5 Å². The fraction of sp³-hybridized carbons (Fsp3) is 0.500. The van der Waals surface area contributed by atoms with E-state index in [9.17, 15) is 19.8 Å². The van der Waals surface area contributed by atoms with Gasteiger partial charge in [0.2, 0.25) is 0 Å².